The Balaban J connectivity index is 0.000000671. The number of rotatable bonds is 3. The van der Waals surface area contributed by atoms with Crippen LogP contribution in [0.2, 0.25) is 0 Å². The molecule has 0 aliphatic heterocycles. The molecule has 74 valence electrons. The molecule has 1 rings (SSSR count). The second-order valence-electron chi connectivity index (χ2n) is 2.39. The van der Waals surface area contributed by atoms with Gasteiger partial charge in [0.05, 0.1) is 6.61 Å². The standard InChI is InChI=1S/C9H12O2.C2H6/c1-8-3-2-4-9(7-8)11-6-5-10;1-2/h2-4,7,10H,5-6H2,1H3;1-2H3. The Labute approximate surface area is 80.2 Å². The van der Waals surface area contributed by atoms with E-state index in [1.807, 2.05) is 45.0 Å². The first-order chi connectivity index (χ1) is 6.33. The van der Waals surface area contributed by atoms with Gasteiger partial charge in [-0.05, 0) is 24.6 Å². The van der Waals surface area contributed by atoms with Gasteiger partial charge in [0.1, 0.15) is 12.4 Å². The van der Waals surface area contributed by atoms with Crippen LogP contribution in [0, 0.1) is 6.92 Å². The maximum atomic E-state index is 8.47. The molecular weight excluding hydrogens is 164 g/mol. The minimum absolute atomic E-state index is 0.0634. The van der Waals surface area contributed by atoms with Crippen molar-refractivity contribution in [3.8, 4) is 5.75 Å². The largest absolute Gasteiger partial charge is 0.491 e. The van der Waals surface area contributed by atoms with Crippen molar-refractivity contribution in [3.63, 3.8) is 0 Å². The van der Waals surface area contributed by atoms with Gasteiger partial charge >= 0.3 is 0 Å². The first-order valence-corrected chi connectivity index (χ1v) is 4.63. The third-order valence-electron chi connectivity index (χ3n) is 1.35. The lowest BCUT2D eigenvalue weighted by Crippen LogP contribution is -2.01. The molecule has 1 aromatic rings. The van der Waals surface area contributed by atoms with Crippen LogP contribution in [-0.2, 0) is 0 Å². The predicted molar refractivity (Wildman–Crippen MR) is 55.1 cm³/mol. The second-order valence-corrected chi connectivity index (χ2v) is 2.39. The Morgan fingerprint density at radius 1 is 1.31 bits per heavy atom. The van der Waals surface area contributed by atoms with Gasteiger partial charge in [-0.25, -0.2) is 0 Å². The molecule has 2 nitrogen and oxygen atoms in total. The molecule has 0 amide bonds. The highest BCUT2D eigenvalue weighted by Crippen LogP contribution is 2.11. The van der Waals surface area contributed by atoms with Gasteiger partial charge in [-0.2, -0.15) is 0 Å². The summed E-state index contributed by atoms with van der Waals surface area (Å²) in [5.41, 5.74) is 1.17. The molecular formula is C11H18O2. The molecule has 0 atom stereocenters. The third-order valence-corrected chi connectivity index (χ3v) is 1.35. The first-order valence-electron chi connectivity index (χ1n) is 4.63. The zero-order valence-electron chi connectivity index (χ0n) is 8.58. The SMILES string of the molecule is CC.Cc1cccc(OCCO)c1. The highest BCUT2D eigenvalue weighted by atomic mass is 16.5. The van der Waals surface area contributed by atoms with E-state index in [9.17, 15) is 0 Å². The maximum absolute atomic E-state index is 8.47. The molecule has 0 bridgehead atoms. The summed E-state index contributed by atoms with van der Waals surface area (Å²) in [4.78, 5) is 0. The van der Waals surface area contributed by atoms with Crippen LogP contribution in [-0.4, -0.2) is 18.3 Å². The second kappa shape index (κ2) is 7.62. The highest BCUT2D eigenvalue weighted by Gasteiger charge is 1.91. The zero-order chi connectivity index (χ0) is 10.1. The Kier molecular flexibility index (Phi) is 7.02. The fourth-order valence-corrected chi connectivity index (χ4v) is 0.869. The van der Waals surface area contributed by atoms with Gasteiger partial charge in [-0.15, -0.1) is 0 Å². The van der Waals surface area contributed by atoms with Crippen molar-refractivity contribution >= 4 is 0 Å². The van der Waals surface area contributed by atoms with Gasteiger partial charge in [0, 0.05) is 0 Å². The van der Waals surface area contributed by atoms with E-state index >= 15 is 0 Å². The Morgan fingerprint density at radius 2 is 2.00 bits per heavy atom. The average Bonchev–Trinajstić information content (AvgIpc) is 2.18. The lowest BCUT2D eigenvalue weighted by molar-refractivity contribution is 0.201. The lowest BCUT2D eigenvalue weighted by Gasteiger charge is -2.03. The molecule has 0 unspecified atom stereocenters. The fourth-order valence-electron chi connectivity index (χ4n) is 0.869. The van der Waals surface area contributed by atoms with Crippen molar-refractivity contribution in [2.45, 2.75) is 20.8 Å². The van der Waals surface area contributed by atoms with Crippen molar-refractivity contribution in [1.29, 1.82) is 0 Å². The number of hydrogen-bond acceptors (Lipinski definition) is 2. The molecule has 0 saturated carbocycles. The highest BCUT2D eigenvalue weighted by molar-refractivity contribution is 5.27. The number of aryl methyl sites for hydroxylation is 1. The molecule has 0 saturated heterocycles. The minimum atomic E-state index is 0.0634. The molecule has 0 aromatic heterocycles. The molecule has 13 heavy (non-hydrogen) atoms. The molecule has 0 fully saturated rings. The van der Waals surface area contributed by atoms with E-state index in [1.165, 1.54) is 5.56 Å². The molecule has 2 heteroatoms. The van der Waals surface area contributed by atoms with E-state index in [-0.39, 0.29) is 6.61 Å². The van der Waals surface area contributed by atoms with Crippen LogP contribution in [0.3, 0.4) is 0 Å². The molecule has 0 aliphatic carbocycles. The van der Waals surface area contributed by atoms with Gasteiger partial charge in [-0.1, -0.05) is 26.0 Å². The van der Waals surface area contributed by atoms with Gasteiger partial charge in [-0.3, -0.25) is 0 Å². The van der Waals surface area contributed by atoms with E-state index in [4.69, 9.17) is 9.84 Å². The van der Waals surface area contributed by atoms with Crippen molar-refractivity contribution < 1.29 is 9.84 Å². The van der Waals surface area contributed by atoms with Crippen molar-refractivity contribution in [1.82, 2.24) is 0 Å². The minimum Gasteiger partial charge on any atom is -0.491 e. The van der Waals surface area contributed by atoms with E-state index < -0.39 is 0 Å². The van der Waals surface area contributed by atoms with Crippen LogP contribution in [0.15, 0.2) is 24.3 Å². The smallest absolute Gasteiger partial charge is 0.119 e. The first kappa shape index (κ1) is 12.0. The summed E-state index contributed by atoms with van der Waals surface area (Å²) in [7, 11) is 0. The van der Waals surface area contributed by atoms with E-state index in [0.717, 1.165) is 5.75 Å². The monoisotopic (exact) mass is 182 g/mol. The van der Waals surface area contributed by atoms with Gasteiger partial charge in [0.2, 0.25) is 0 Å². The Bertz CT molecular complexity index is 221. The number of hydrogen-bond donors (Lipinski definition) is 1. The quantitative estimate of drug-likeness (QED) is 0.777. The van der Waals surface area contributed by atoms with E-state index in [1.54, 1.807) is 0 Å². The number of ether oxygens (including phenoxy) is 1. The average molecular weight is 182 g/mol. The molecule has 0 aliphatic rings. The summed E-state index contributed by atoms with van der Waals surface area (Å²) in [6.45, 7) is 6.43. The van der Waals surface area contributed by atoms with Crippen LogP contribution in [0.25, 0.3) is 0 Å². The normalized spacial score (nSPS) is 8.62. The molecule has 0 spiro atoms. The van der Waals surface area contributed by atoms with Gasteiger partial charge < -0.3 is 9.84 Å². The number of benzene rings is 1. The van der Waals surface area contributed by atoms with Crippen LogP contribution >= 0.6 is 0 Å². The van der Waals surface area contributed by atoms with E-state index in [2.05, 4.69) is 0 Å². The number of aliphatic hydroxyl groups is 1. The van der Waals surface area contributed by atoms with Crippen molar-refractivity contribution in [2.75, 3.05) is 13.2 Å². The van der Waals surface area contributed by atoms with Crippen LogP contribution in [0.1, 0.15) is 19.4 Å². The predicted octanol–water partition coefficient (Wildman–Crippen LogP) is 2.39. The Morgan fingerprint density at radius 3 is 2.54 bits per heavy atom. The lowest BCUT2D eigenvalue weighted by atomic mass is 10.2. The van der Waals surface area contributed by atoms with Crippen LogP contribution < -0.4 is 4.74 Å². The molecule has 1 aromatic carbocycles. The fraction of sp³-hybridized carbons (Fsp3) is 0.455. The molecule has 0 heterocycles. The van der Waals surface area contributed by atoms with Crippen molar-refractivity contribution in [2.24, 2.45) is 0 Å². The van der Waals surface area contributed by atoms with Crippen LogP contribution in [0.5, 0.6) is 5.75 Å². The maximum Gasteiger partial charge on any atom is 0.119 e. The van der Waals surface area contributed by atoms with Crippen LogP contribution in [0.4, 0.5) is 0 Å². The summed E-state index contributed by atoms with van der Waals surface area (Å²) >= 11 is 0. The topological polar surface area (TPSA) is 29.5 Å². The summed E-state index contributed by atoms with van der Waals surface area (Å²) in [6.07, 6.45) is 0. The third kappa shape index (κ3) is 5.26. The zero-order valence-corrected chi connectivity index (χ0v) is 8.58. The van der Waals surface area contributed by atoms with Crippen molar-refractivity contribution in [3.05, 3.63) is 29.8 Å². The number of aliphatic hydroxyl groups excluding tert-OH is 1. The molecule has 0 radical (unpaired) electrons. The summed E-state index contributed by atoms with van der Waals surface area (Å²) < 4.78 is 5.19. The summed E-state index contributed by atoms with van der Waals surface area (Å²) in [6, 6.07) is 7.76. The summed E-state index contributed by atoms with van der Waals surface area (Å²) in [5.74, 6) is 0.819. The summed E-state index contributed by atoms with van der Waals surface area (Å²) in [5, 5.41) is 8.47. The van der Waals surface area contributed by atoms with Gasteiger partial charge in [0.15, 0.2) is 0 Å². The van der Waals surface area contributed by atoms with E-state index in [0.29, 0.717) is 6.61 Å². The van der Waals surface area contributed by atoms with Gasteiger partial charge in [0.25, 0.3) is 0 Å². The Hall–Kier alpha value is -1.02. The molecule has 1 N–H and O–H groups in total.